The lowest BCUT2D eigenvalue weighted by Gasteiger charge is -2.12. The number of nitrogens with zero attached hydrogens (tertiary/aromatic N) is 1. The average molecular weight is 231 g/mol. The van der Waals surface area contributed by atoms with Crippen molar-refractivity contribution in [1.29, 1.82) is 5.26 Å². The molecule has 0 unspecified atom stereocenters. The van der Waals surface area contributed by atoms with Crippen LogP contribution in [0.1, 0.15) is 25.0 Å². The largest absolute Gasteiger partial charge is 0.349 e. The second-order valence-corrected chi connectivity index (χ2v) is 3.37. The molecular weight excluding hydrogens is 214 g/mol. The highest BCUT2D eigenvalue weighted by Gasteiger charge is 2.01. The third-order valence-corrected chi connectivity index (χ3v) is 2.15. The SMILES string of the molecule is CCOC(/C=C/c1ccc(C#N)cc1)OCC. The first kappa shape index (κ1) is 13.4. The maximum atomic E-state index is 8.68. The summed E-state index contributed by atoms with van der Waals surface area (Å²) < 4.78 is 10.8. The van der Waals surface area contributed by atoms with E-state index in [-0.39, 0.29) is 6.29 Å². The summed E-state index contributed by atoms with van der Waals surface area (Å²) in [6.45, 7) is 5.09. The molecule has 0 amide bonds. The van der Waals surface area contributed by atoms with Crippen LogP contribution in [0.25, 0.3) is 6.08 Å². The van der Waals surface area contributed by atoms with Gasteiger partial charge in [-0.25, -0.2) is 0 Å². The molecule has 90 valence electrons. The fraction of sp³-hybridized carbons (Fsp3) is 0.357. The lowest BCUT2D eigenvalue weighted by molar-refractivity contribution is -0.103. The molecule has 0 heterocycles. The third-order valence-electron chi connectivity index (χ3n) is 2.15. The Hall–Kier alpha value is -1.63. The zero-order valence-electron chi connectivity index (χ0n) is 10.2. The Balaban J connectivity index is 2.63. The summed E-state index contributed by atoms with van der Waals surface area (Å²) in [5, 5.41) is 8.68. The van der Waals surface area contributed by atoms with Crippen LogP contribution in [0.2, 0.25) is 0 Å². The molecule has 0 atom stereocenters. The fourth-order valence-corrected chi connectivity index (χ4v) is 1.35. The number of nitriles is 1. The van der Waals surface area contributed by atoms with Crippen molar-refractivity contribution in [1.82, 2.24) is 0 Å². The molecule has 0 bridgehead atoms. The Labute approximate surface area is 102 Å². The van der Waals surface area contributed by atoms with Gasteiger partial charge in [-0.15, -0.1) is 0 Å². The van der Waals surface area contributed by atoms with Crippen LogP contribution in [-0.4, -0.2) is 19.5 Å². The zero-order valence-corrected chi connectivity index (χ0v) is 10.2. The molecule has 3 heteroatoms. The summed E-state index contributed by atoms with van der Waals surface area (Å²) in [7, 11) is 0. The fourth-order valence-electron chi connectivity index (χ4n) is 1.35. The number of benzene rings is 1. The van der Waals surface area contributed by atoms with Crippen LogP contribution in [-0.2, 0) is 9.47 Å². The van der Waals surface area contributed by atoms with Gasteiger partial charge in [-0.3, -0.25) is 0 Å². The van der Waals surface area contributed by atoms with Crippen LogP contribution in [0.15, 0.2) is 30.3 Å². The number of ether oxygens (including phenoxy) is 2. The van der Waals surface area contributed by atoms with Gasteiger partial charge in [0.2, 0.25) is 0 Å². The zero-order chi connectivity index (χ0) is 12.5. The molecule has 0 aliphatic carbocycles. The van der Waals surface area contributed by atoms with E-state index in [9.17, 15) is 0 Å². The minimum Gasteiger partial charge on any atom is -0.349 e. The van der Waals surface area contributed by atoms with E-state index in [1.54, 1.807) is 12.1 Å². The van der Waals surface area contributed by atoms with Crippen LogP contribution >= 0.6 is 0 Å². The molecule has 0 N–H and O–H groups in total. The smallest absolute Gasteiger partial charge is 0.177 e. The molecule has 1 rings (SSSR count). The normalized spacial score (nSPS) is 10.9. The molecule has 1 aromatic carbocycles. The second kappa shape index (κ2) is 7.61. The van der Waals surface area contributed by atoms with Crippen molar-refractivity contribution >= 4 is 6.08 Å². The van der Waals surface area contributed by atoms with Crippen molar-refractivity contribution in [2.75, 3.05) is 13.2 Å². The quantitative estimate of drug-likeness (QED) is 0.707. The Morgan fingerprint density at radius 1 is 1.18 bits per heavy atom. The van der Waals surface area contributed by atoms with E-state index in [4.69, 9.17) is 14.7 Å². The van der Waals surface area contributed by atoms with Crippen LogP contribution in [0.3, 0.4) is 0 Å². The van der Waals surface area contributed by atoms with Gasteiger partial charge in [0.05, 0.1) is 11.6 Å². The van der Waals surface area contributed by atoms with Crippen molar-refractivity contribution in [3.05, 3.63) is 41.5 Å². The van der Waals surface area contributed by atoms with Gasteiger partial charge < -0.3 is 9.47 Å². The van der Waals surface area contributed by atoms with Gasteiger partial charge in [-0.05, 0) is 37.6 Å². The van der Waals surface area contributed by atoms with Gasteiger partial charge in [0.25, 0.3) is 0 Å². The van der Waals surface area contributed by atoms with Gasteiger partial charge in [0, 0.05) is 13.2 Å². The van der Waals surface area contributed by atoms with Crippen LogP contribution < -0.4 is 0 Å². The lowest BCUT2D eigenvalue weighted by atomic mass is 10.1. The Morgan fingerprint density at radius 2 is 1.76 bits per heavy atom. The van der Waals surface area contributed by atoms with Crippen LogP contribution in [0.5, 0.6) is 0 Å². The minimum atomic E-state index is -0.305. The predicted octanol–water partition coefficient (Wildman–Crippen LogP) is 2.97. The molecular formula is C14H17NO2. The van der Waals surface area contributed by atoms with Crippen LogP contribution in [0, 0.1) is 11.3 Å². The standard InChI is InChI=1S/C14H17NO2/c1-3-16-14(17-4-2)10-9-12-5-7-13(11-15)8-6-12/h5-10,14H,3-4H2,1-2H3/b10-9+. The van der Waals surface area contributed by atoms with Crippen molar-refractivity contribution in [3.8, 4) is 6.07 Å². The van der Waals surface area contributed by atoms with Gasteiger partial charge in [0.1, 0.15) is 0 Å². The molecule has 0 radical (unpaired) electrons. The molecule has 3 nitrogen and oxygen atoms in total. The summed E-state index contributed by atoms with van der Waals surface area (Å²) in [6, 6.07) is 9.45. The van der Waals surface area contributed by atoms with Crippen molar-refractivity contribution in [2.45, 2.75) is 20.1 Å². The van der Waals surface area contributed by atoms with Gasteiger partial charge in [0.15, 0.2) is 6.29 Å². The summed E-state index contributed by atoms with van der Waals surface area (Å²) in [4.78, 5) is 0. The Bertz CT molecular complexity index is 384. The van der Waals surface area contributed by atoms with E-state index in [0.717, 1.165) is 5.56 Å². The molecule has 0 fully saturated rings. The van der Waals surface area contributed by atoms with Gasteiger partial charge in [-0.2, -0.15) is 5.26 Å². The Kier molecular flexibility index (Phi) is 6.02. The van der Waals surface area contributed by atoms with Crippen molar-refractivity contribution < 1.29 is 9.47 Å². The minimum absolute atomic E-state index is 0.305. The third kappa shape index (κ3) is 4.81. The van der Waals surface area contributed by atoms with E-state index in [0.29, 0.717) is 18.8 Å². The maximum Gasteiger partial charge on any atom is 0.177 e. The average Bonchev–Trinajstić information content (AvgIpc) is 2.37. The second-order valence-electron chi connectivity index (χ2n) is 3.37. The lowest BCUT2D eigenvalue weighted by Crippen LogP contribution is -2.13. The summed E-state index contributed by atoms with van der Waals surface area (Å²) in [5.41, 5.74) is 1.68. The topological polar surface area (TPSA) is 42.2 Å². The van der Waals surface area contributed by atoms with Crippen LogP contribution in [0.4, 0.5) is 0 Å². The molecule has 0 aliphatic heterocycles. The first-order valence-electron chi connectivity index (χ1n) is 5.71. The first-order chi connectivity index (χ1) is 8.30. The molecule has 1 aromatic rings. The molecule has 0 aliphatic rings. The molecule has 0 spiro atoms. The molecule has 0 saturated carbocycles. The molecule has 0 saturated heterocycles. The first-order valence-corrected chi connectivity index (χ1v) is 5.71. The summed E-state index contributed by atoms with van der Waals surface area (Å²) >= 11 is 0. The van der Waals surface area contributed by atoms with Crippen molar-refractivity contribution in [2.24, 2.45) is 0 Å². The highest BCUT2D eigenvalue weighted by molar-refractivity contribution is 5.51. The highest BCUT2D eigenvalue weighted by atomic mass is 16.7. The van der Waals surface area contributed by atoms with E-state index in [2.05, 4.69) is 6.07 Å². The summed E-state index contributed by atoms with van der Waals surface area (Å²) in [5.74, 6) is 0. The Morgan fingerprint density at radius 3 is 2.24 bits per heavy atom. The number of rotatable bonds is 6. The molecule has 0 aromatic heterocycles. The van der Waals surface area contributed by atoms with E-state index in [1.807, 2.05) is 38.1 Å². The number of hydrogen-bond acceptors (Lipinski definition) is 3. The van der Waals surface area contributed by atoms with Crippen molar-refractivity contribution in [3.63, 3.8) is 0 Å². The maximum absolute atomic E-state index is 8.68. The van der Waals surface area contributed by atoms with Gasteiger partial charge in [-0.1, -0.05) is 18.2 Å². The predicted molar refractivity (Wildman–Crippen MR) is 67.2 cm³/mol. The summed E-state index contributed by atoms with van der Waals surface area (Å²) in [6.07, 6.45) is 3.49. The highest BCUT2D eigenvalue weighted by Crippen LogP contribution is 2.07. The molecule has 17 heavy (non-hydrogen) atoms. The van der Waals surface area contributed by atoms with E-state index >= 15 is 0 Å². The van der Waals surface area contributed by atoms with Gasteiger partial charge >= 0.3 is 0 Å². The van der Waals surface area contributed by atoms with E-state index < -0.39 is 0 Å². The monoisotopic (exact) mass is 231 g/mol. The van der Waals surface area contributed by atoms with E-state index in [1.165, 1.54) is 0 Å². The number of hydrogen-bond donors (Lipinski definition) is 0.